The Bertz CT molecular complexity index is 437. The van der Waals surface area contributed by atoms with Crippen molar-refractivity contribution in [3.05, 3.63) is 18.0 Å². The molecule has 1 aliphatic rings. The molecule has 1 saturated heterocycles. The summed E-state index contributed by atoms with van der Waals surface area (Å²) in [5, 5.41) is 4.66. The van der Waals surface area contributed by atoms with Crippen LogP contribution < -0.4 is 5.73 Å². The average molecular weight is 295 g/mol. The van der Waals surface area contributed by atoms with Gasteiger partial charge in [-0.3, -0.25) is 14.5 Å². The van der Waals surface area contributed by atoms with Crippen molar-refractivity contribution < 1.29 is 0 Å². The Hall–Kier alpha value is -0.980. The second-order valence-corrected chi connectivity index (χ2v) is 6.09. The van der Waals surface area contributed by atoms with Crippen LogP contribution in [0.25, 0.3) is 0 Å². The highest BCUT2D eigenvalue weighted by molar-refractivity contribution is 7.80. The molecule has 0 saturated carbocycles. The first-order valence-electron chi connectivity index (χ1n) is 7.35. The van der Waals surface area contributed by atoms with Crippen LogP contribution in [0, 0.1) is 0 Å². The number of hydrogen-bond donors (Lipinski definition) is 1. The fourth-order valence-electron chi connectivity index (χ4n) is 2.45. The molecular formula is C14H25N5S. The van der Waals surface area contributed by atoms with Gasteiger partial charge in [-0.2, -0.15) is 5.10 Å². The van der Waals surface area contributed by atoms with E-state index in [-0.39, 0.29) is 0 Å². The Morgan fingerprint density at radius 3 is 2.60 bits per heavy atom. The third-order valence-corrected chi connectivity index (χ3v) is 4.07. The van der Waals surface area contributed by atoms with Crippen molar-refractivity contribution in [2.45, 2.75) is 32.9 Å². The maximum Gasteiger partial charge on any atom is 0.0870 e. The number of nitrogens with zero attached hydrogens (tertiary/aromatic N) is 4. The molecule has 2 N–H and O–H groups in total. The lowest BCUT2D eigenvalue weighted by Crippen LogP contribution is -2.48. The predicted octanol–water partition coefficient (Wildman–Crippen LogP) is 1.26. The minimum absolute atomic E-state index is 0.478. The zero-order valence-electron chi connectivity index (χ0n) is 12.5. The van der Waals surface area contributed by atoms with Gasteiger partial charge in [0.25, 0.3) is 0 Å². The van der Waals surface area contributed by atoms with Crippen molar-refractivity contribution in [2.24, 2.45) is 5.73 Å². The van der Waals surface area contributed by atoms with Gasteiger partial charge in [0.2, 0.25) is 0 Å². The van der Waals surface area contributed by atoms with Crippen LogP contribution in [0.2, 0.25) is 0 Å². The quantitative estimate of drug-likeness (QED) is 0.801. The standard InChI is InChI=1S/C14H25N5S/c1-3-12(2)19-5-4-13(16-19)10-17-6-8-18(9-7-17)11-14(15)20/h4-5,12H,3,6-11H2,1-2H3,(H2,15,20). The predicted molar refractivity (Wildman–Crippen MR) is 85.7 cm³/mol. The molecule has 0 amide bonds. The van der Waals surface area contributed by atoms with Crippen molar-refractivity contribution in [3.63, 3.8) is 0 Å². The van der Waals surface area contributed by atoms with Crippen molar-refractivity contribution in [3.8, 4) is 0 Å². The highest BCUT2D eigenvalue weighted by atomic mass is 32.1. The van der Waals surface area contributed by atoms with E-state index < -0.39 is 0 Å². The van der Waals surface area contributed by atoms with Gasteiger partial charge >= 0.3 is 0 Å². The molecule has 0 aromatic carbocycles. The smallest absolute Gasteiger partial charge is 0.0870 e. The van der Waals surface area contributed by atoms with E-state index in [9.17, 15) is 0 Å². The summed E-state index contributed by atoms with van der Waals surface area (Å²) in [5.41, 5.74) is 6.75. The molecule has 1 atom stereocenters. The van der Waals surface area contributed by atoms with Crippen molar-refractivity contribution in [1.29, 1.82) is 0 Å². The molecule has 112 valence electrons. The van der Waals surface area contributed by atoms with Crippen LogP contribution >= 0.6 is 12.2 Å². The van der Waals surface area contributed by atoms with E-state index in [1.54, 1.807) is 0 Å². The molecule has 1 fully saturated rings. The topological polar surface area (TPSA) is 50.3 Å². The molecule has 2 heterocycles. The Balaban J connectivity index is 1.80. The van der Waals surface area contributed by atoms with Gasteiger partial charge in [-0.15, -0.1) is 0 Å². The summed E-state index contributed by atoms with van der Waals surface area (Å²) in [6.07, 6.45) is 3.20. The lowest BCUT2D eigenvalue weighted by molar-refractivity contribution is 0.138. The van der Waals surface area contributed by atoms with Crippen molar-refractivity contribution in [1.82, 2.24) is 19.6 Å². The number of nitrogens with two attached hydrogens (primary N) is 1. The van der Waals surface area contributed by atoms with E-state index in [4.69, 9.17) is 18.0 Å². The fourth-order valence-corrected chi connectivity index (χ4v) is 2.63. The maximum absolute atomic E-state index is 5.59. The Morgan fingerprint density at radius 2 is 2.00 bits per heavy atom. The zero-order chi connectivity index (χ0) is 14.5. The molecular weight excluding hydrogens is 270 g/mol. The molecule has 2 rings (SSSR count). The monoisotopic (exact) mass is 295 g/mol. The highest BCUT2D eigenvalue weighted by Crippen LogP contribution is 2.11. The summed E-state index contributed by atoms with van der Waals surface area (Å²) in [4.78, 5) is 5.35. The van der Waals surface area contributed by atoms with E-state index in [0.29, 0.717) is 11.0 Å². The van der Waals surface area contributed by atoms with Gasteiger partial charge < -0.3 is 5.73 Å². The lowest BCUT2D eigenvalue weighted by Gasteiger charge is -2.33. The highest BCUT2D eigenvalue weighted by Gasteiger charge is 2.18. The Morgan fingerprint density at radius 1 is 1.35 bits per heavy atom. The molecule has 1 unspecified atom stereocenters. The van der Waals surface area contributed by atoms with E-state index in [1.807, 2.05) is 0 Å². The lowest BCUT2D eigenvalue weighted by atomic mass is 10.3. The zero-order valence-corrected chi connectivity index (χ0v) is 13.3. The third kappa shape index (κ3) is 4.26. The molecule has 0 aliphatic carbocycles. The van der Waals surface area contributed by atoms with Crippen LogP contribution in [0.4, 0.5) is 0 Å². The first-order valence-corrected chi connectivity index (χ1v) is 7.76. The van der Waals surface area contributed by atoms with Crippen LogP contribution in [0.5, 0.6) is 0 Å². The molecule has 1 aromatic rings. The molecule has 0 bridgehead atoms. The first kappa shape index (κ1) is 15.4. The van der Waals surface area contributed by atoms with Gasteiger partial charge in [-0.05, 0) is 19.4 Å². The van der Waals surface area contributed by atoms with Gasteiger partial charge in [0, 0.05) is 51.5 Å². The summed E-state index contributed by atoms with van der Waals surface area (Å²) in [6, 6.07) is 2.61. The summed E-state index contributed by atoms with van der Waals surface area (Å²) < 4.78 is 2.07. The minimum atomic E-state index is 0.478. The summed E-state index contributed by atoms with van der Waals surface area (Å²) in [7, 11) is 0. The van der Waals surface area contributed by atoms with Crippen LogP contribution in [0.1, 0.15) is 32.0 Å². The molecule has 20 heavy (non-hydrogen) atoms. The SMILES string of the molecule is CCC(C)n1ccc(CN2CCN(CC(N)=S)CC2)n1. The van der Waals surface area contributed by atoms with E-state index in [1.165, 1.54) is 0 Å². The molecule has 6 heteroatoms. The van der Waals surface area contributed by atoms with Crippen molar-refractivity contribution in [2.75, 3.05) is 32.7 Å². The molecule has 1 aliphatic heterocycles. The van der Waals surface area contributed by atoms with Gasteiger partial charge in [0.05, 0.1) is 10.7 Å². The summed E-state index contributed by atoms with van der Waals surface area (Å²) in [5.74, 6) is 0. The number of thiocarbonyl (C=S) groups is 1. The Labute approximate surface area is 126 Å². The first-order chi connectivity index (χ1) is 9.58. The second kappa shape index (κ2) is 7.15. The van der Waals surface area contributed by atoms with Gasteiger partial charge in [0.1, 0.15) is 0 Å². The number of aromatic nitrogens is 2. The summed E-state index contributed by atoms with van der Waals surface area (Å²) >= 11 is 4.96. The average Bonchev–Trinajstić information content (AvgIpc) is 2.88. The fraction of sp³-hybridized carbons (Fsp3) is 0.714. The Kier molecular flexibility index (Phi) is 5.51. The number of rotatable bonds is 6. The molecule has 1 aromatic heterocycles. The van der Waals surface area contributed by atoms with Crippen LogP contribution in [-0.2, 0) is 6.54 Å². The van der Waals surface area contributed by atoms with Crippen LogP contribution in [0.3, 0.4) is 0 Å². The number of piperazine rings is 1. The van der Waals surface area contributed by atoms with Gasteiger partial charge in [-0.1, -0.05) is 19.1 Å². The van der Waals surface area contributed by atoms with E-state index in [0.717, 1.165) is 51.4 Å². The number of hydrogen-bond acceptors (Lipinski definition) is 4. The van der Waals surface area contributed by atoms with E-state index in [2.05, 4.69) is 45.7 Å². The summed E-state index contributed by atoms with van der Waals surface area (Å²) in [6.45, 7) is 10.2. The normalized spacial score (nSPS) is 19.1. The molecule has 0 spiro atoms. The van der Waals surface area contributed by atoms with Crippen LogP contribution in [0.15, 0.2) is 12.3 Å². The van der Waals surface area contributed by atoms with Crippen LogP contribution in [-0.4, -0.2) is 57.3 Å². The second-order valence-electron chi connectivity index (χ2n) is 5.56. The van der Waals surface area contributed by atoms with E-state index >= 15 is 0 Å². The third-order valence-electron chi connectivity index (χ3n) is 3.94. The minimum Gasteiger partial charge on any atom is -0.392 e. The van der Waals surface area contributed by atoms with Crippen molar-refractivity contribution >= 4 is 17.2 Å². The van der Waals surface area contributed by atoms with Gasteiger partial charge in [0.15, 0.2) is 0 Å². The van der Waals surface area contributed by atoms with Gasteiger partial charge in [-0.25, -0.2) is 0 Å². The molecule has 5 nitrogen and oxygen atoms in total. The molecule has 0 radical (unpaired) electrons. The largest absolute Gasteiger partial charge is 0.392 e. The maximum atomic E-state index is 5.59.